The van der Waals surface area contributed by atoms with Crippen molar-refractivity contribution in [3.63, 3.8) is 0 Å². The molecule has 0 bridgehead atoms. The van der Waals surface area contributed by atoms with Crippen LogP contribution in [0.15, 0.2) is 41.3 Å². The van der Waals surface area contributed by atoms with Gasteiger partial charge in [0.05, 0.1) is 15.4 Å². The third-order valence-electron chi connectivity index (χ3n) is 2.53. The van der Waals surface area contributed by atoms with Crippen LogP contribution < -0.4 is 5.32 Å². The number of nitrogens with one attached hydrogen (secondary N) is 1. The summed E-state index contributed by atoms with van der Waals surface area (Å²) < 4.78 is 0.827. The first-order valence-corrected chi connectivity index (χ1v) is 8.06. The first kappa shape index (κ1) is 14.2. The Morgan fingerprint density at radius 2 is 2.00 bits per heavy atom. The molecule has 18 heavy (non-hydrogen) atoms. The van der Waals surface area contributed by atoms with Gasteiger partial charge in [-0.15, -0.1) is 23.1 Å². The van der Waals surface area contributed by atoms with Gasteiger partial charge in [-0.3, -0.25) is 0 Å². The Morgan fingerprint density at radius 3 is 2.61 bits per heavy atom. The van der Waals surface area contributed by atoms with Crippen LogP contribution in [-0.2, 0) is 0 Å². The van der Waals surface area contributed by atoms with Crippen molar-refractivity contribution in [2.24, 2.45) is 0 Å². The average molecular weight is 318 g/mol. The normalized spacial score (nSPS) is 12.6. The zero-order valence-corrected chi connectivity index (χ0v) is 13.0. The zero-order chi connectivity index (χ0) is 13.0. The highest BCUT2D eigenvalue weighted by Gasteiger charge is 2.12. The second-order valence-electron chi connectivity index (χ2n) is 3.72. The zero-order valence-electron chi connectivity index (χ0n) is 9.82. The van der Waals surface area contributed by atoms with Crippen molar-refractivity contribution >= 4 is 46.3 Å². The number of halogens is 2. The van der Waals surface area contributed by atoms with E-state index in [0.717, 1.165) is 20.0 Å². The standard InChI is InChI=1S/C13H13Cl2NS2/c1-16-10(12-6-7-13(15)18-12)8-17-11-5-3-2-4-9(11)14/h2-7,10,16H,8H2,1H3. The largest absolute Gasteiger partial charge is 0.312 e. The molecule has 1 aromatic carbocycles. The summed E-state index contributed by atoms with van der Waals surface area (Å²) in [6, 6.07) is 12.2. The van der Waals surface area contributed by atoms with Gasteiger partial charge in [0.1, 0.15) is 0 Å². The molecule has 96 valence electrons. The predicted molar refractivity (Wildman–Crippen MR) is 83.3 cm³/mol. The van der Waals surface area contributed by atoms with Crippen molar-refractivity contribution in [1.29, 1.82) is 0 Å². The molecule has 1 N–H and O–H groups in total. The van der Waals surface area contributed by atoms with E-state index in [-0.39, 0.29) is 0 Å². The molecule has 0 fully saturated rings. The van der Waals surface area contributed by atoms with E-state index in [9.17, 15) is 0 Å². The molecule has 0 aliphatic rings. The van der Waals surface area contributed by atoms with E-state index < -0.39 is 0 Å². The Hall–Kier alpha value is -0.190. The van der Waals surface area contributed by atoms with Crippen LogP contribution in [0.4, 0.5) is 0 Å². The average Bonchev–Trinajstić information content (AvgIpc) is 2.79. The van der Waals surface area contributed by atoms with Crippen LogP contribution in [0.1, 0.15) is 10.9 Å². The molecule has 0 saturated carbocycles. The third kappa shape index (κ3) is 3.65. The van der Waals surface area contributed by atoms with Crippen LogP contribution >= 0.6 is 46.3 Å². The van der Waals surface area contributed by atoms with Crippen molar-refractivity contribution in [3.05, 3.63) is 50.6 Å². The van der Waals surface area contributed by atoms with E-state index in [1.54, 1.807) is 23.1 Å². The van der Waals surface area contributed by atoms with Gasteiger partial charge in [0.15, 0.2) is 0 Å². The molecule has 5 heteroatoms. The van der Waals surface area contributed by atoms with Gasteiger partial charge < -0.3 is 5.32 Å². The minimum Gasteiger partial charge on any atom is -0.312 e. The predicted octanol–water partition coefficient (Wildman–Crippen LogP) is 5.11. The minimum absolute atomic E-state index is 0.295. The van der Waals surface area contributed by atoms with E-state index in [2.05, 4.69) is 11.4 Å². The van der Waals surface area contributed by atoms with Crippen LogP contribution in [0.5, 0.6) is 0 Å². The maximum atomic E-state index is 6.14. The Labute approximate surface area is 126 Å². The molecule has 1 nitrogen and oxygen atoms in total. The number of thioether (sulfide) groups is 1. The van der Waals surface area contributed by atoms with Gasteiger partial charge in [0.25, 0.3) is 0 Å². The van der Waals surface area contributed by atoms with Crippen LogP contribution in [0.25, 0.3) is 0 Å². The molecule has 0 spiro atoms. The highest BCUT2D eigenvalue weighted by atomic mass is 35.5. The number of hydrogen-bond donors (Lipinski definition) is 1. The van der Waals surface area contributed by atoms with E-state index in [0.29, 0.717) is 6.04 Å². The summed E-state index contributed by atoms with van der Waals surface area (Å²) in [4.78, 5) is 2.36. The van der Waals surface area contributed by atoms with Gasteiger partial charge in [-0.05, 0) is 31.3 Å². The maximum absolute atomic E-state index is 6.14. The lowest BCUT2D eigenvalue weighted by Gasteiger charge is -2.14. The second kappa shape index (κ2) is 6.83. The van der Waals surface area contributed by atoms with Crippen molar-refractivity contribution in [2.75, 3.05) is 12.8 Å². The first-order valence-electron chi connectivity index (χ1n) is 5.50. The first-order chi connectivity index (χ1) is 8.70. The summed E-state index contributed by atoms with van der Waals surface area (Å²) in [5.74, 6) is 0.928. The SMILES string of the molecule is CNC(CSc1ccccc1Cl)c1ccc(Cl)s1. The number of benzene rings is 1. The highest BCUT2D eigenvalue weighted by Crippen LogP contribution is 2.33. The van der Waals surface area contributed by atoms with Crippen LogP contribution in [0, 0.1) is 0 Å². The smallest absolute Gasteiger partial charge is 0.0931 e. The van der Waals surface area contributed by atoms with Crippen molar-refractivity contribution in [2.45, 2.75) is 10.9 Å². The molecule has 0 aliphatic carbocycles. The fourth-order valence-electron chi connectivity index (χ4n) is 1.56. The molecule has 1 unspecified atom stereocenters. The van der Waals surface area contributed by atoms with Gasteiger partial charge in [0, 0.05) is 15.5 Å². The Kier molecular flexibility index (Phi) is 5.39. The Morgan fingerprint density at radius 1 is 1.22 bits per heavy atom. The third-order valence-corrected chi connectivity index (χ3v) is 5.48. The van der Waals surface area contributed by atoms with Gasteiger partial charge in [-0.2, -0.15) is 0 Å². The Bertz CT molecular complexity index is 513. The van der Waals surface area contributed by atoms with Crippen LogP contribution in [0.3, 0.4) is 0 Å². The summed E-state index contributed by atoms with van der Waals surface area (Å²) in [6.45, 7) is 0. The highest BCUT2D eigenvalue weighted by molar-refractivity contribution is 7.99. The molecule has 0 amide bonds. The van der Waals surface area contributed by atoms with Crippen LogP contribution in [0.2, 0.25) is 9.36 Å². The van der Waals surface area contributed by atoms with E-state index in [4.69, 9.17) is 23.2 Å². The molecule has 2 rings (SSSR count). The van der Waals surface area contributed by atoms with Crippen molar-refractivity contribution < 1.29 is 0 Å². The molecule has 1 heterocycles. The quantitative estimate of drug-likeness (QED) is 0.769. The summed E-state index contributed by atoms with van der Waals surface area (Å²) in [5, 5.41) is 4.12. The monoisotopic (exact) mass is 317 g/mol. The summed E-state index contributed by atoms with van der Waals surface area (Å²) in [5.41, 5.74) is 0. The van der Waals surface area contributed by atoms with Gasteiger partial charge in [-0.25, -0.2) is 0 Å². The number of rotatable bonds is 5. The fraction of sp³-hybridized carbons (Fsp3) is 0.231. The topological polar surface area (TPSA) is 12.0 Å². The number of thiophene rings is 1. The van der Waals surface area contributed by atoms with E-state index in [1.165, 1.54) is 4.88 Å². The lowest BCUT2D eigenvalue weighted by Crippen LogP contribution is -2.17. The lowest BCUT2D eigenvalue weighted by atomic mass is 10.3. The Balaban J connectivity index is 2.02. The van der Waals surface area contributed by atoms with E-state index in [1.807, 2.05) is 37.4 Å². The summed E-state index contributed by atoms with van der Waals surface area (Å²) in [7, 11) is 1.96. The maximum Gasteiger partial charge on any atom is 0.0931 e. The summed E-state index contributed by atoms with van der Waals surface area (Å²) in [6.07, 6.45) is 0. The summed E-state index contributed by atoms with van der Waals surface area (Å²) >= 11 is 15.5. The van der Waals surface area contributed by atoms with Crippen LogP contribution in [-0.4, -0.2) is 12.8 Å². The second-order valence-corrected chi connectivity index (χ2v) is 6.94. The molecule has 2 aromatic rings. The molecular weight excluding hydrogens is 305 g/mol. The van der Waals surface area contributed by atoms with Gasteiger partial charge in [0.2, 0.25) is 0 Å². The molecule has 0 radical (unpaired) electrons. The van der Waals surface area contributed by atoms with Crippen molar-refractivity contribution in [1.82, 2.24) is 5.32 Å². The van der Waals surface area contributed by atoms with Crippen molar-refractivity contribution in [3.8, 4) is 0 Å². The molecular formula is C13H13Cl2NS2. The van der Waals surface area contributed by atoms with Gasteiger partial charge in [-0.1, -0.05) is 35.3 Å². The number of hydrogen-bond acceptors (Lipinski definition) is 3. The molecule has 0 aliphatic heterocycles. The minimum atomic E-state index is 0.295. The fourth-order valence-corrected chi connectivity index (χ4v) is 4.21. The molecule has 0 saturated heterocycles. The van der Waals surface area contributed by atoms with Gasteiger partial charge >= 0.3 is 0 Å². The molecule has 1 atom stereocenters. The lowest BCUT2D eigenvalue weighted by molar-refractivity contribution is 0.673. The van der Waals surface area contributed by atoms with E-state index >= 15 is 0 Å². The molecule has 1 aromatic heterocycles.